The summed E-state index contributed by atoms with van der Waals surface area (Å²) < 4.78 is 0. The van der Waals surface area contributed by atoms with Crippen molar-refractivity contribution in [3.05, 3.63) is 34.9 Å². The van der Waals surface area contributed by atoms with E-state index in [0.29, 0.717) is 5.41 Å². The first-order chi connectivity index (χ1) is 6.54. The Labute approximate surface area is 87.3 Å². The summed E-state index contributed by atoms with van der Waals surface area (Å²) in [6.45, 7) is 6.94. The van der Waals surface area contributed by atoms with Crippen molar-refractivity contribution in [2.24, 2.45) is 5.41 Å². The lowest BCUT2D eigenvalue weighted by atomic mass is 9.84. The molecular weight excluding hydrogens is 168 g/mol. The van der Waals surface area contributed by atoms with E-state index >= 15 is 0 Å². The van der Waals surface area contributed by atoms with Crippen LogP contribution in [0.3, 0.4) is 0 Å². The summed E-state index contributed by atoms with van der Waals surface area (Å²) in [6.07, 6.45) is 5.12. The molecule has 0 unspecified atom stereocenters. The minimum atomic E-state index is 0.461. The first-order valence-electron chi connectivity index (χ1n) is 5.65. The van der Waals surface area contributed by atoms with Gasteiger partial charge in [0.05, 0.1) is 0 Å². The summed E-state index contributed by atoms with van der Waals surface area (Å²) in [7, 11) is 0. The van der Waals surface area contributed by atoms with Crippen LogP contribution in [0.4, 0.5) is 0 Å². The maximum absolute atomic E-state index is 2.41. The van der Waals surface area contributed by atoms with Gasteiger partial charge in [-0.1, -0.05) is 39.0 Å². The molecule has 76 valence electrons. The fourth-order valence-electron chi connectivity index (χ4n) is 1.92. The summed E-state index contributed by atoms with van der Waals surface area (Å²) in [4.78, 5) is 0. The van der Waals surface area contributed by atoms with Crippen LogP contribution in [0.1, 0.15) is 43.9 Å². The van der Waals surface area contributed by atoms with Gasteiger partial charge < -0.3 is 0 Å². The van der Waals surface area contributed by atoms with E-state index in [-0.39, 0.29) is 0 Å². The van der Waals surface area contributed by atoms with Gasteiger partial charge in [-0.2, -0.15) is 0 Å². The molecule has 14 heavy (non-hydrogen) atoms. The van der Waals surface area contributed by atoms with Crippen LogP contribution in [0.2, 0.25) is 0 Å². The Morgan fingerprint density at radius 1 is 1.07 bits per heavy atom. The van der Waals surface area contributed by atoms with E-state index < -0.39 is 0 Å². The molecular formula is C14H20. The molecule has 0 saturated carbocycles. The SMILES string of the molecule is CC(C)(C)CCc1ccc2c(c1)CC2. The number of hydrogen-bond acceptors (Lipinski definition) is 0. The van der Waals surface area contributed by atoms with Crippen molar-refractivity contribution in [1.29, 1.82) is 0 Å². The van der Waals surface area contributed by atoms with E-state index in [1.165, 1.54) is 31.2 Å². The summed E-state index contributed by atoms with van der Waals surface area (Å²) in [6, 6.07) is 7.03. The number of hydrogen-bond donors (Lipinski definition) is 0. The van der Waals surface area contributed by atoms with Crippen molar-refractivity contribution >= 4 is 0 Å². The Balaban J connectivity index is 2.00. The van der Waals surface area contributed by atoms with Crippen LogP contribution in [-0.4, -0.2) is 0 Å². The largest absolute Gasteiger partial charge is 0.0602 e. The lowest BCUT2D eigenvalue weighted by Crippen LogP contribution is -2.10. The Bertz CT molecular complexity index is 328. The monoisotopic (exact) mass is 188 g/mol. The van der Waals surface area contributed by atoms with Gasteiger partial charge in [0, 0.05) is 0 Å². The van der Waals surface area contributed by atoms with Crippen molar-refractivity contribution in [2.45, 2.75) is 46.5 Å². The van der Waals surface area contributed by atoms with Crippen molar-refractivity contribution in [3.63, 3.8) is 0 Å². The van der Waals surface area contributed by atoms with Crippen LogP contribution < -0.4 is 0 Å². The van der Waals surface area contributed by atoms with Gasteiger partial charge in [-0.25, -0.2) is 0 Å². The highest BCUT2D eigenvalue weighted by Crippen LogP contribution is 2.26. The standard InChI is InChI=1S/C14H20/c1-14(2,3)9-8-11-4-5-12-6-7-13(12)10-11/h4-5,10H,6-9H2,1-3H3. The Hall–Kier alpha value is -0.780. The molecule has 0 aromatic heterocycles. The van der Waals surface area contributed by atoms with Gasteiger partial charge in [-0.15, -0.1) is 0 Å². The molecule has 0 heterocycles. The zero-order valence-electron chi connectivity index (χ0n) is 9.56. The van der Waals surface area contributed by atoms with Crippen molar-refractivity contribution in [2.75, 3.05) is 0 Å². The minimum Gasteiger partial charge on any atom is -0.0602 e. The van der Waals surface area contributed by atoms with Crippen molar-refractivity contribution < 1.29 is 0 Å². The maximum Gasteiger partial charge on any atom is -0.0235 e. The van der Waals surface area contributed by atoms with E-state index in [4.69, 9.17) is 0 Å². The third kappa shape index (κ3) is 2.17. The third-order valence-corrected chi connectivity index (χ3v) is 3.10. The highest BCUT2D eigenvalue weighted by atomic mass is 14.2. The highest BCUT2D eigenvalue weighted by molar-refractivity contribution is 5.38. The molecule has 0 spiro atoms. The predicted molar refractivity (Wildman–Crippen MR) is 61.6 cm³/mol. The molecule has 1 aromatic rings. The van der Waals surface area contributed by atoms with E-state index in [0.717, 1.165) is 0 Å². The first kappa shape index (κ1) is 9.76. The van der Waals surface area contributed by atoms with Gasteiger partial charge in [0.2, 0.25) is 0 Å². The normalized spacial score (nSPS) is 14.8. The van der Waals surface area contributed by atoms with E-state index in [2.05, 4.69) is 39.0 Å². The summed E-state index contributed by atoms with van der Waals surface area (Å²) in [5.41, 5.74) is 5.16. The molecule has 0 amide bonds. The van der Waals surface area contributed by atoms with Crippen LogP contribution in [-0.2, 0) is 19.3 Å². The van der Waals surface area contributed by atoms with Gasteiger partial charge in [0.1, 0.15) is 0 Å². The number of rotatable bonds is 2. The Kier molecular flexibility index (Phi) is 2.38. The van der Waals surface area contributed by atoms with Crippen LogP contribution >= 0.6 is 0 Å². The van der Waals surface area contributed by atoms with Gasteiger partial charge in [-0.05, 0) is 47.8 Å². The quantitative estimate of drug-likeness (QED) is 0.663. The van der Waals surface area contributed by atoms with Gasteiger partial charge in [-0.3, -0.25) is 0 Å². The average molecular weight is 188 g/mol. The van der Waals surface area contributed by atoms with Crippen LogP contribution in [0.5, 0.6) is 0 Å². The second kappa shape index (κ2) is 3.42. The average Bonchev–Trinajstić information content (AvgIpc) is 2.03. The molecule has 2 rings (SSSR count). The Morgan fingerprint density at radius 3 is 2.29 bits per heavy atom. The van der Waals surface area contributed by atoms with Crippen LogP contribution in [0.15, 0.2) is 18.2 Å². The second-order valence-corrected chi connectivity index (χ2v) is 5.66. The number of benzene rings is 1. The first-order valence-corrected chi connectivity index (χ1v) is 5.65. The molecule has 0 heteroatoms. The van der Waals surface area contributed by atoms with Crippen LogP contribution in [0.25, 0.3) is 0 Å². The molecule has 0 nitrogen and oxygen atoms in total. The fraction of sp³-hybridized carbons (Fsp3) is 0.571. The van der Waals surface area contributed by atoms with E-state index in [9.17, 15) is 0 Å². The highest BCUT2D eigenvalue weighted by Gasteiger charge is 2.14. The lowest BCUT2D eigenvalue weighted by Gasteiger charge is -2.21. The summed E-state index contributed by atoms with van der Waals surface area (Å²) in [5.74, 6) is 0. The maximum atomic E-state index is 2.41. The van der Waals surface area contributed by atoms with Crippen molar-refractivity contribution in [3.8, 4) is 0 Å². The third-order valence-electron chi connectivity index (χ3n) is 3.10. The molecule has 0 saturated heterocycles. The predicted octanol–water partition coefficient (Wildman–Crippen LogP) is 3.76. The molecule has 1 aliphatic rings. The molecule has 0 bridgehead atoms. The number of aryl methyl sites for hydroxylation is 3. The molecule has 1 aromatic carbocycles. The van der Waals surface area contributed by atoms with Gasteiger partial charge in [0.25, 0.3) is 0 Å². The van der Waals surface area contributed by atoms with Gasteiger partial charge >= 0.3 is 0 Å². The zero-order valence-corrected chi connectivity index (χ0v) is 9.56. The molecule has 1 aliphatic carbocycles. The fourth-order valence-corrected chi connectivity index (χ4v) is 1.92. The molecule has 0 radical (unpaired) electrons. The minimum absolute atomic E-state index is 0.461. The molecule has 0 aliphatic heterocycles. The summed E-state index contributed by atoms with van der Waals surface area (Å²) in [5, 5.41) is 0. The van der Waals surface area contributed by atoms with E-state index in [1.807, 2.05) is 0 Å². The molecule has 0 N–H and O–H groups in total. The molecule has 0 atom stereocenters. The zero-order chi connectivity index (χ0) is 10.2. The van der Waals surface area contributed by atoms with Gasteiger partial charge in [0.15, 0.2) is 0 Å². The smallest absolute Gasteiger partial charge is 0.0235 e. The van der Waals surface area contributed by atoms with Crippen molar-refractivity contribution in [1.82, 2.24) is 0 Å². The number of fused-ring (bicyclic) bond motifs is 1. The second-order valence-electron chi connectivity index (χ2n) is 5.66. The summed E-state index contributed by atoms with van der Waals surface area (Å²) >= 11 is 0. The van der Waals surface area contributed by atoms with Crippen LogP contribution in [0, 0.1) is 5.41 Å². The Morgan fingerprint density at radius 2 is 1.79 bits per heavy atom. The topological polar surface area (TPSA) is 0 Å². The lowest BCUT2D eigenvalue weighted by molar-refractivity contribution is 0.378. The molecule has 0 fully saturated rings. The van der Waals surface area contributed by atoms with E-state index in [1.54, 1.807) is 11.1 Å².